The molecule has 0 radical (unpaired) electrons. The summed E-state index contributed by atoms with van der Waals surface area (Å²) in [7, 11) is 0. The number of aryl methyl sites for hydroxylation is 2. The number of anilines is 1. The van der Waals surface area contributed by atoms with Crippen LogP contribution in [0.5, 0.6) is 0 Å². The van der Waals surface area contributed by atoms with Crippen molar-refractivity contribution in [1.82, 2.24) is 4.90 Å². The highest BCUT2D eigenvalue weighted by Crippen LogP contribution is 2.56. The van der Waals surface area contributed by atoms with Crippen molar-refractivity contribution < 1.29 is 23.9 Å². The molecule has 2 bridgehead atoms. The zero-order valence-electron chi connectivity index (χ0n) is 16.9. The van der Waals surface area contributed by atoms with Crippen molar-refractivity contribution in [1.29, 1.82) is 0 Å². The molecule has 3 fully saturated rings. The van der Waals surface area contributed by atoms with Crippen molar-refractivity contribution in [3.63, 3.8) is 0 Å². The molecule has 1 N–H and O–H groups in total. The Bertz CT molecular complexity index is 867. The summed E-state index contributed by atoms with van der Waals surface area (Å²) in [6, 6.07) is 4.66. The van der Waals surface area contributed by atoms with Crippen molar-refractivity contribution in [3.8, 4) is 0 Å². The molecule has 1 aromatic carbocycles. The lowest BCUT2D eigenvalue weighted by Crippen LogP contribution is -2.45. The van der Waals surface area contributed by atoms with Gasteiger partial charge in [-0.1, -0.05) is 12.1 Å². The van der Waals surface area contributed by atoms with Crippen molar-refractivity contribution in [3.05, 3.63) is 29.3 Å². The van der Waals surface area contributed by atoms with E-state index < -0.39 is 24.5 Å². The van der Waals surface area contributed by atoms with E-state index in [1.54, 1.807) is 0 Å². The summed E-state index contributed by atoms with van der Waals surface area (Å²) < 4.78 is 5.11. The monoisotopic (exact) mass is 398 g/mol. The fourth-order valence-corrected chi connectivity index (χ4v) is 5.23. The number of fused-ring (bicyclic) bond motifs is 5. The van der Waals surface area contributed by atoms with Gasteiger partial charge < -0.3 is 10.1 Å². The normalized spacial score (nSPS) is 28.4. The number of ether oxygens (including phenoxy) is 1. The van der Waals surface area contributed by atoms with Crippen LogP contribution in [-0.2, 0) is 23.9 Å². The molecule has 5 atom stereocenters. The number of nitrogens with zero attached hydrogens (tertiary/aromatic N) is 1. The Morgan fingerprint density at radius 3 is 2.38 bits per heavy atom. The third-order valence-corrected chi connectivity index (χ3v) is 6.70. The van der Waals surface area contributed by atoms with E-state index in [1.165, 1.54) is 6.92 Å². The molecule has 1 aromatic rings. The summed E-state index contributed by atoms with van der Waals surface area (Å²) in [6.07, 6.45) is 2.91. The summed E-state index contributed by atoms with van der Waals surface area (Å²) >= 11 is 0. The van der Waals surface area contributed by atoms with Crippen molar-refractivity contribution in [2.24, 2.45) is 23.7 Å². The summed E-state index contributed by atoms with van der Waals surface area (Å²) in [5.74, 6) is -1.74. The fraction of sp³-hybridized carbons (Fsp3) is 0.545. The molecule has 1 heterocycles. The summed E-state index contributed by atoms with van der Waals surface area (Å²) in [5, 5.41) is 2.72. The van der Waals surface area contributed by atoms with Gasteiger partial charge >= 0.3 is 5.97 Å². The van der Waals surface area contributed by atoms with Gasteiger partial charge in [-0.25, -0.2) is 4.79 Å². The van der Waals surface area contributed by atoms with Gasteiger partial charge in [-0.05, 0) is 69.1 Å². The van der Waals surface area contributed by atoms with Crippen LogP contribution in [0.3, 0.4) is 0 Å². The van der Waals surface area contributed by atoms with E-state index in [9.17, 15) is 19.2 Å². The van der Waals surface area contributed by atoms with Crippen molar-refractivity contribution in [2.45, 2.75) is 46.1 Å². The first-order valence-electron chi connectivity index (χ1n) is 10.2. The number of amides is 3. The van der Waals surface area contributed by atoms with Crippen LogP contribution in [-0.4, -0.2) is 41.2 Å². The molecule has 1 saturated heterocycles. The molecule has 29 heavy (non-hydrogen) atoms. The van der Waals surface area contributed by atoms with E-state index in [1.807, 2.05) is 32.0 Å². The minimum Gasteiger partial charge on any atom is -0.454 e. The van der Waals surface area contributed by atoms with E-state index in [-0.39, 0.29) is 35.5 Å². The first-order chi connectivity index (χ1) is 13.8. The van der Waals surface area contributed by atoms with Gasteiger partial charge in [0.1, 0.15) is 6.04 Å². The van der Waals surface area contributed by atoms with E-state index in [0.717, 1.165) is 35.3 Å². The summed E-state index contributed by atoms with van der Waals surface area (Å²) in [6.45, 7) is 4.81. The Morgan fingerprint density at radius 1 is 1.14 bits per heavy atom. The lowest BCUT2D eigenvalue weighted by molar-refractivity contribution is -0.159. The molecule has 0 aromatic heterocycles. The molecule has 3 aliphatic rings. The zero-order valence-corrected chi connectivity index (χ0v) is 16.9. The van der Waals surface area contributed by atoms with Crippen LogP contribution in [0.15, 0.2) is 18.2 Å². The maximum absolute atomic E-state index is 12.8. The van der Waals surface area contributed by atoms with Crippen LogP contribution in [0.1, 0.15) is 37.3 Å². The third-order valence-electron chi connectivity index (χ3n) is 6.70. The first kappa shape index (κ1) is 19.6. The highest BCUT2D eigenvalue weighted by atomic mass is 16.5. The van der Waals surface area contributed by atoms with Crippen LogP contribution in [0.4, 0.5) is 5.69 Å². The van der Waals surface area contributed by atoms with Crippen LogP contribution >= 0.6 is 0 Å². The van der Waals surface area contributed by atoms with Gasteiger partial charge in [-0.15, -0.1) is 0 Å². The Balaban J connectivity index is 1.35. The average Bonchev–Trinajstić information content (AvgIpc) is 3.36. The zero-order chi connectivity index (χ0) is 20.9. The topological polar surface area (TPSA) is 92.8 Å². The molecule has 3 amide bonds. The van der Waals surface area contributed by atoms with Gasteiger partial charge in [-0.2, -0.15) is 0 Å². The molecule has 2 saturated carbocycles. The molecule has 0 spiro atoms. The number of carbonyl (C=O) groups is 4. The largest absolute Gasteiger partial charge is 0.454 e. The molecular weight excluding hydrogens is 372 g/mol. The lowest BCUT2D eigenvalue weighted by atomic mass is 9.81. The van der Waals surface area contributed by atoms with E-state index in [0.29, 0.717) is 5.69 Å². The Hall–Kier alpha value is -2.70. The van der Waals surface area contributed by atoms with Crippen molar-refractivity contribution >= 4 is 29.4 Å². The van der Waals surface area contributed by atoms with Gasteiger partial charge in [-0.3, -0.25) is 19.3 Å². The fourth-order valence-electron chi connectivity index (χ4n) is 5.23. The standard InChI is InChI=1S/C22H26N2O5/c1-11-4-5-12(2)16(8-11)23-17(25)10-29-22(28)13(3)24-20(26)18-14-6-7-15(9-14)19(18)21(24)27/h4-5,8,13-15,18-19H,6-7,9-10H2,1-3H3,(H,23,25)/t13-,14-,15-,18+,19+/m1/s1. The lowest BCUT2D eigenvalue weighted by Gasteiger charge is -2.23. The molecule has 7 heteroatoms. The SMILES string of the molecule is Cc1ccc(C)c(NC(=O)COC(=O)[C@@H](C)N2C(=O)[C@H]3[C@@H]4CC[C@H](C4)[C@@H]3C2=O)c1. The number of carbonyl (C=O) groups excluding carboxylic acids is 4. The molecule has 4 rings (SSSR count). The third kappa shape index (κ3) is 3.32. The second kappa shape index (κ2) is 7.28. The molecule has 2 aliphatic carbocycles. The second-order valence-corrected chi connectivity index (χ2v) is 8.58. The predicted octanol–water partition coefficient (Wildman–Crippen LogP) is 2.20. The predicted molar refractivity (Wildman–Crippen MR) is 105 cm³/mol. The molecule has 0 unspecified atom stereocenters. The van der Waals surface area contributed by atoms with E-state index >= 15 is 0 Å². The smallest absolute Gasteiger partial charge is 0.329 e. The van der Waals surface area contributed by atoms with Crippen LogP contribution < -0.4 is 5.32 Å². The Labute approximate surface area is 169 Å². The second-order valence-electron chi connectivity index (χ2n) is 8.58. The number of likely N-dealkylation sites (tertiary alicyclic amines) is 1. The average molecular weight is 398 g/mol. The maximum Gasteiger partial charge on any atom is 0.329 e. The van der Waals surface area contributed by atoms with Gasteiger partial charge in [0, 0.05) is 5.69 Å². The van der Waals surface area contributed by atoms with Gasteiger partial charge in [0.2, 0.25) is 11.8 Å². The molecular formula is C22H26N2O5. The highest BCUT2D eigenvalue weighted by Gasteiger charge is 2.62. The number of esters is 1. The van der Waals surface area contributed by atoms with Crippen LogP contribution in [0.2, 0.25) is 0 Å². The summed E-state index contributed by atoms with van der Waals surface area (Å²) in [5.41, 5.74) is 2.56. The van der Waals surface area contributed by atoms with Gasteiger partial charge in [0.05, 0.1) is 11.8 Å². The van der Waals surface area contributed by atoms with Crippen molar-refractivity contribution in [2.75, 3.05) is 11.9 Å². The number of hydrogen-bond donors (Lipinski definition) is 1. The molecule has 7 nitrogen and oxygen atoms in total. The quantitative estimate of drug-likeness (QED) is 0.606. The number of hydrogen-bond acceptors (Lipinski definition) is 5. The summed E-state index contributed by atoms with van der Waals surface area (Å²) in [4.78, 5) is 51.3. The minimum atomic E-state index is -1.02. The molecule has 1 aliphatic heterocycles. The van der Waals surface area contributed by atoms with Crippen LogP contribution in [0, 0.1) is 37.5 Å². The number of benzene rings is 1. The Morgan fingerprint density at radius 2 is 1.76 bits per heavy atom. The van der Waals surface area contributed by atoms with E-state index in [2.05, 4.69) is 5.32 Å². The first-order valence-corrected chi connectivity index (χ1v) is 10.2. The van der Waals surface area contributed by atoms with Crippen LogP contribution in [0.25, 0.3) is 0 Å². The van der Waals surface area contributed by atoms with Gasteiger partial charge in [0.15, 0.2) is 6.61 Å². The number of rotatable bonds is 5. The molecule has 154 valence electrons. The number of imide groups is 1. The highest BCUT2D eigenvalue weighted by molar-refractivity contribution is 6.08. The number of nitrogens with one attached hydrogen (secondary N) is 1. The maximum atomic E-state index is 12.8. The Kier molecular flexibility index (Phi) is 4.92. The van der Waals surface area contributed by atoms with E-state index in [4.69, 9.17) is 4.74 Å². The minimum absolute atomic E-state index is 0.253. The van der Waals surface area contributed by atoms with Gasteiger partial charge in [0.25, 0.3) is 5.91 Å².